The summed E-state index contributed by atoms with van der Waals surface area (Å²) in [6.07, 6.45) is 3.02. The lowest BCUT2D eigenvalue weighted by Crippen LogP contribution is -2.53. The molecule has 1 aromatic carbocycles. The van der Waals surface area contributed by atoms with Crippen molar-refractivity contribution in [3.05, 3.63) is 28.8 Å². The molecule has 1 fully saturated rings. The summed E-state index contributed by atoms with van der Waals surface area (Å²) >= 11 is 5.91. The third kappa shape index (κ3) is 3.55. The molecule has 21 heavy (non-hydrogen) atoms. The number of nitrogens with zero attached hydrogens (tertiary/aromatic N) is 2. The minimum absolute atomic E-state index is 0.0662. The van der Waals surface area contributed by atoms with Gasteiger partial charge in [0.15, 0.2) is 0 Å². The van der Waals surface area contributed by atoms with Crippen molar-refractivity contribution in [1.82, 2.24) is 9.84 Å². The van der Waals surface area contributed by atoms with Crippen molar-refractivity contribution in [1.29, 1.82) is 5.26 Å². The Labute approximate surface area is 130 Å². The zero-order valence-electron chi connectivity index (χ0n) is 12.0. The number of piperidine rings is 1. The van der Waals surface area contributed by atoms with Crippen LogP contribution in [0.1, 0.15) is 38.7 Å². The maximum Gasteiger partial charge on any atom is 0.253 e. The van der Waals surface area contributed by atoms with Gasteiger partial charge in [-0.2, -0.15) is 5.26 Å². The summed E-state index contributed by atoms with van der Waals surface area (Å²) in [4.78, 5) is 2.71. The fraction of sp³-hybridized carbons (Fsp3) is 0.500. The molecule has 0 aromatic heterocycles. The first kappa shape index (κ1) is 16.2. The van der Waals surface area contributed by atoms with Crippen LogP contribution < -0.4 is 4.83 Å². The van der Waals surface area contributed by atoms with Gasteiger partial charge in [0.05, 0.1) is 15.5 Å². The van der Waals surface area contributed by atoms with Crippen LogP contribution in [-0.4, -0.2) is 25.5 Å². The molecule has 1 aromatic rings. The minimum Gasteiger partial charge on any atom is -0.225 e. The molecule has 0 amide bonds. The molecule has 2 atom stereocenters. The van der Waals surface area contributed by atoms with Crippen molar-refractivity contribution >= 4 is 21.6 Å². The van der Waals surface area contributed by atoms with E-state index in [4.69, 9.17) is 16.9 Å². The van der Waals surface area contributed by atoms with Crippen LogP contribution in [-0.2, 0) is 10.0 Å². The highest BCUT2D eigenvalue weighted by Gasteiger charge is 2.29. The van der Waals surface area contributed by atoms with Gasteiger partial charge in [0, 0.05) is 12.1 Å². The van der Waals surface area contributed by atoms with Crippen molar-refractivity contribution in [2.24, 2.45) is 0 Å². The number of nitrogens with one attached hydrogen (secondary N) is 1. The Morgan fingerprint density at radius 1 is 1.33 bits per heavy atom. The van der Waals surface area contributed by atoms with E-state index in [-0.39, 0.29) is 27.6 Å². The predicted molar refractivity (Wildman–Crippen MR) is 81.1 cm³/mol. The molecule has 0 saturated carbocycles. The topological polar surface area (TPSA) is 73.2 Å². The van der Waals surface area contributed by atoms with Gasteiger partial charge in [-0.05, 0) is 44.9 Å². The van der Waals surface area contributed by atoms with Gasteiger partial charge in [-0.25, -0.2) is 13.4 Å². The second kappa shape index (κ2) is 6.32. The van der Waals surface area contributed by atoms with Crippen LogP contribution in [0.15, 0.2) is 23.1 Å². The highest BCUT2D eigenvalue weighted by atomic mass is 35.5. The average Bonchev–Trinajstić information content (AvgIpc) is 2.43. The average molecular weight is 328 g/mol. The maximum absolute atomic E-state index is 12.4. The molecule has 2 unspecified atom stereocenters. The lowest BCUT2D eigenvalue weighted by molar-refractivity contribution is 0.0790. The van der Waals surface area contributed by atoms with Gasteiger partial charge in [-0.3, -0.25) is 0 Å². The molecule has 7 heteroatoms. The van der Waals surface area contributed by atoms with E-state index in [9.17, 15) is 8.42 Å². The van der Waals surface area contributed by atoms with E-state index in [2.05, 4.69) is 4.83 Å². The van der Waals surface area contributed by atoms with E-state index in [1.165, 1.54) is 18.2 Å². The van der Waals surface area contributed by atoms with E-state index < -0.39 is 10.0 Å². The summed E-state index contributed by atoms with van der Waals surface area (Å²) in [5.41, 5.74) is 0.260. The van der Waals surface area contributed by atoms with Crippen LogP contribution in [0.2, 0.25) is 5.02 Å². The van der Waals surface area contributed by atoms with E-state index in [1.54, 1.807) is 5.01 Å². The third-order valence-corrected chi connectivity index (χ3v) is 5.43. The monoisotopic (exact) mass is 327 g/mol. The van der Waals surface area contributed by atoms with Crippen molar-refractivity contribution in [3.63, 3.8) is 0 Å². The van der Waals surface area contributed by atoms with Crippen LogP contribution in [0, 0.1) is 11.3 Å². The maximum atomic E-state index is 12.4. The Hall–Kier alpha value is -1.13. The molecule has 1 N–H and O–H groups in total. The quantitative estimate of drug-likeness (QED) is 0.926. The Kier molecular flexibility index (Phi) is 4.89. The molecule has 1 heterocycles. The van der Waals surface area contributed by atoms with Crippen molar-refractivity contribution in [3.8, 4) is 6.07 Å². The standard InChI is InChI=1S/C14H18ClN3O2S/c1-10-4-3-5-11(2)18(10)17-21(19,20)13-7-6-12(9-16)14(15)8-13/h6-8,10-11,17H,3-5H2,1-2H3. The molecule has 1 aliphatic rings. The lowest BCUT2D eigenvalue weighted by atomic mass is 10.0. The largest absolute Gasteiger partial charge is 0.253 e. The van der Waals surface area contributed by atoms with Crippen LogP contribution in [0.5, 0.6) is 0 Å². The first-order chi connectivity index (χ1) is 9.85. The Bertz CT molecular complexity index is 659. The number of halogens is 1. The first-order valence-electron chi connectivity index (χ1n) is 6.85. The van der Waals surface area contributed by atoms with Gasteiger partial charge in [-0.15, -0.1) is 4.83 Å². The smallest absolute Gasteiger partial charge is 0.225 e. The Balaban J connectivity index is 2.26. The second-order valence-corrected chi connectivity index (χ2v) is 7.45. The third-order valence-electron chi connectivity index (χ3n) is 3.79. The molecular weight excluding hydrogens is 310 g/mol. The number of hydrazine groups is 1. The van der Waals surface area contributed by atoms with Crippen LogP contribution in [0.25, 0.3) is 0 Å². The fourth-order valence-electron chi connectivity index (χ4n) is 2.55. The van der Waals surface area contributed by atoms with Gasteiger partial charge in [0.1, 0.15) is 6.07 Å². The minimum atomic E-state index is -3.69. The summed E-state index contributed by atoms with van der Waals surface area (Å²) in [5.74, 6) is 0. The van der Waals surface area contributed by atoms with Gasteiger partial charge < -0.3 is 0 Å². The Morgan fingerprint density at radius 2 is 1.95 bits per heavy atom. The molecule has 0 aliphatic carbocycles. The molecule has 5 nitrogen and oxygen atoms in total. The van der Waals surface area contributed by atoms with Crippen LogP contribution in [0.3, 0.4) is 0 Å². The molecule has 114 valence electrons. The highest BCUT2D eigenvalue weighted by Crippen LogP contribution is 2.24. The van der Waals surface area contributed by atoms with Crippen LogP contribution >= 0.6 is 11.6 Å². The predicted octanol–water partition coefficient (Wildman–Crippen LogP) is 2.67. The molecular formula is C14H18ClN3O2S. The number of rotatable bonds is 3. The highest BCUT2D eigenvalue weighted by molar-refractivity contribution is 7.89. The zero-order valence-corrected chi connectivity index (χ0v) is 13.6. The Morgan fingerprint density at radius 3 is 2.48 bits per heavy atom. The van der Waals surface area contributed by atoms with Crippen molar-refractivity contribution in [2.75, 3.05) is 0 Å². The summed E-state index contributed by atoms with van der Waals surface area (Å²) in [6, 6.07) is 6.33. The van der Waals surface area contributed by atoms with Gasteiger partial charge in [0.2, 0.25) is 0 Å². The van der Waals surface area contributed by atoms with E-state index >= 15 is 0 Å². The number of hydrogen-bond acceptors (Lipinski definition) is 4. The molecule has 1 saturated heterocycles. The van der Waals surface area contributed by atoms with E-state index in [1.807, 2.05) is 19.9 Å². The summed E-state index contributed by atoms with van der Waals surface area (Å²) < 4.78 is 24.9. The number of benzene rings is 1. The SMILES string of the molecule is CC1CCCC(C)N1NS(=O)(=O)c1ccc(C#N)c(Cl)c1. The number of nitriles is 1. The lowest BCUT2D eigenvalue weighted by Gasteiger charge is -2.38. The molecule has 2 rings (SSSR count). The second-order valence-electron chi connectivity index (χ2n) is 5.38. The summed E-state index contributed by atoms with van der Waals surface area (Å²) in [7, 11) is -3.69. The van der Waals surface area contributed by atoms with Gasteiger partial charge in [0.25, 0.3) is 10.0 Å². The number of sulfonamides is 1. The van der Waals surface area contributed by atoms with Crippen molar-refractivity contribution < 1.29 is 8.42 Å². The van der Waals surface area contributed by atoms with Crippen LogP contribution in [0.4, 0.5) is 0 Å². The van der Waals surface area contributed by atoms with Gasteiger partial charge >= 0.3 is 0 Å². The van der Waals surface area contributed by atoms with E-state index in [0.29, 0.717) is 0 Å². The number of hydrogen-bond donors (Lipinski definition) is 1. The summed E-state index contributed by atoms with van der Waals surface area (Å²) in [6.45, 7) is 4.01. The summed E-state index contributed by atoms with van der Waals surface area (Å²) in [5, 5.41) is 10.8. The zero-order chi connectivity index (χ0) is 15.6. The van der Waals surface area contributed by atoms with E-state index in [0.717, 1.165) is 19.3 Å². The fourth-order valence-corrected chi connectivity index (χ4v) is 4.10. The first-order valence-corrected chi connectivity index (χ1v) is 8.71. The molecule has 0 bridgehead atoms. The molecule has 1 aliphatic heterocycles. The van der Waals surface area contributed by atoms with Gasteiger partial charge in [-0.1, -0.05) is 18.0 Å². The van der Waals surface area contributed by atoms with Crippen molar-refractivity contribution in [2.45, 2.75) is 50.1 Å². The normalized spacial score (nSPS) is 23.7. The molecule has 0 radical (unpaired) electrons. The molecule has 0 spiro atoms.